The Morgan fingerprint density at radius 3 is 2.50 bits per heavy atom. The Labute approximate surface area is 83.4 Å². The second-order valence-corrected chi connectivity index (χ2v) is 3.47. The third-order valence-electron chi connectivity index (χ3n) is 2.41. The highest BCUT2D eigenvalue weighted by Crippen LogP contribution is 2.16. The maximum atomic E-state index is 12.0. The van der Waals surface area contributed by atoms with Crippen molar-refractivity contribution in [2.24, 2.45) is 0 Å². The summed E-state index contributed by atoms with van der Waals surface area (Å²) in [5.41, 5.74) is 1.22. The number of hydrogen-bond donors (Lipinski definition) is 0. The molecule has 0 aliphatic rings. The van der Waals surface area contributed by atoms with Gasteiger partial charge in [0.2, 0.25) is 0 Å². The fraction of sp³-hybridized carbons (Fsp3) is 0.231. The molecule has 0 saturated heterocycles. The minimum Gasteiger partial charge on any atom is -0.251 e. The lowest BCUT2D eigenvalue weighted by Gasteiger charge is -2.01. The van der Waals surface area contributed by atoms with Gasteiger partial charge >= 0.3 is 0 Å². The third-order valence-corrected chi connectivity index (χ3v) is 2.41. The quantitative estimate of drug-likeness (QED) is 0.688. The van der Waals surface area contributed by atoms with Crippen LogP contribution in [-0.4, -0.2) is 6.67 Å². The summed E-state index contributed by atoms with van der Waals surface area (Å²) in [7, 11) is 0. The van der Waals surface area contributed by atoms with Crippen LogP contribution in [0, 0.1) is 0 Å². The number of benzene rings is 2. The van der Waals surface area contributed by atoms with E-state index in [4.69, 9.17) is 0 Å². The number of halogens is 1. The molecule has 0 aliphatic heterocycles. The lowest BCUT2D eigenvalue weighted by atomic mass is 10.0. The van der Waals surface area contributed by atoms with Crippen LogP contribution in [0.3, 0.4) is 0 Å². The van der Waals surface area contributed by atoms with Crippen LogP contribution in [0.1, 0.15) is 12.0 Å². The van der Waals surface area contributed by atoms with Gasteiger partial charge in [0, 0.05) is 0 Å². The Morgan fingerprint density at radius 1 is 0.929 bits per heavy atom. The Balaban J connectivity index is 2.32. The fourth-order valence-corrected chi connectivity index (χ4v) is 1.67. The maximum Gasteiger partial charge on any atom is 0.0897 e. The lowest BCUT2D eigenvalue weighted by Crippen LogP contribution is -1.86. The van der Waals surface area contributed by atoms with Gasteiger partial charge in [0.15, 0.2) is 0 Å². The summed E-state index contributed by atoms with van der Waals surface area (Å²) in [6.07, 6.45) is 1.46. The van der Waals surface area contributed by atoms with Crippen molar-refractivity contribution in [3.05, 3.63) is 48.0 Å². The largest absolute Gasteiger partial charge is 0.251 e. The first-order chi connectivity index (χ1) is 6.90. The van der Waals surface area contributed by atoms with Crippen molar-refractivity contribution in [1.82, 2.24) is 0 Å². The van der Waals surface area contributed by atoms with Crippen molar-refractivity contribution in [2.45, 2.75) is 12.8 Å². The van der Waals surface area contributed by atoms with Crippen molar-refractivity contribution in [3.63, 3.8) is 0 Å². The van der Waals surface area contributed by atoms with Gasteiger partial charge in [-0.25, -0.2) is 0 Å². The van der Waals surface area contributed by atoms with E-state index in [9.17, 15) is 4.39 Å². The summed E-state index contributed by atoms with van der Waals surface area (Å²) in [6, 6.07) is 14.6. The summed E-state index contributed by atoms with van der Waals surface area (Å²) < 4.78 is 12.0. The van der Waals surface area contributed by atoms with E-state index in [0.717, 1.165) is 6.42 Å². The van der Waals surface area contributed by atoms with Crippen molar-refractivity contribution in [2.75, 3.05) is 6.67 Å². The van der Waals surface area contributed by atoms with Gasteiger partial charge in [0.1, 0.15) is 0 Å². The molecule has 14 heavy (non-hydrogen) atoms. The van der Waals surface area contributed by atoms with E-state index in [1.165, 1.54) is 16.3 Å². The Kier molecular flexibility index (Phi) is 2.78. The zero-order valence-electron chi connectivity index (χ0n) is 8.04. The van der Waals surface area contributed by atoms with Gasteiger partial charge in [0.05, 0.1) is 6.67 Å². The summed E-state index contributed by atoms with van der Waals surface area (Å²) in [4.78, 5) is 0. The normalized spacial score (nSPS) is 10.6. The molecule has 0 fully saturated rings. The summed E-state index contributed by atoms with van der Waals surface area (Å²) in [5.74, 6) is 0. The van der Waals surface area contributed by atoms with E-state index in [1.807, 2.05) is 12.1 Å². The summed E-state index contributed by atoms with van der Waals surface area (Å²) in [6.45, 7) is -0.229. The Hall–Kier alpha value is -1.37. The highest BCUT2D eigenvalue weighted by molar-refractivity contribution is 5.82. The zero-order chi connectivity index (χ0) is 9.80. The van der Waals surface area contributed by atoms with Gasteiger partial charge in [-0.3, -0.25) is 4.39 Å². The maximum absolute atomic E-state index is 12.0. The van der Waals surface area contributed by atoms with Gasteiger partial charge in [-0.2, -0.15) is 0 Å². The minimum absolute atomic E-state index is 0.229. The topological polar surface area (TPSA) is 0 Å². The van der Waals surface area contributed by atoms with E-state index in [0.29, 0.717) is 6.42 Å². The average Bonchev–Trinajstić information content (AvgIpc) is 2.26. The van der Waals surface area contributed by atoms with E-state index >= 15 is 0 Å². The summed E-state index contributed by atoms with van der Waals surface area (Å²) >= 11 is 0. The first kappa shape index (κ1) is 9.20. The summed E-state index contributed by atoms with van der Waals surface area (Å²) in [5, 5.41) is 2.49. The number of fused-ring (bicyclic) bond motifs is 1. The standard InChI is InChI=1S/C13H13F/c14-9-3-4-11-7-8-12-5-1-2-6-13(12)10-11/h1-2,5-8,10H,3-4,9H2. The Bertz CT molecular complexity index is 420. The molecule has 2 rings (SSSR count). The first-order valence-corrected chi connectivity index (χ1v) is 4.94. The van der Waals surface area contributed by atoms with Crippen LogP contribution in [-0.2, 0) is 6.42 Å². The van der Waals surface area contributed by atoms with Gasteiger partial charge in [-0.05, 0) is 29.2 Å². The van der Waals surface area contributed by atoms with Gasteiger partial charge < -0.3 is 0 Å². The molecule has 0 saturated carbocycles. The van der Waals surface area contributed by atoms with E-state index < -0.39 is 0 Å². The van der Waals surface area contributed by atoms with Crippen LogP contribution < -0.4 is 0 Å². The average molecular weight is 188 g/mol. The third kappa shape index (κ3) is 1.92. The number of hydrogen-bond acceptors (Lipinski definition) is 0. The van der Waals surface area contributed by atoms with Crippen molar-refractivity contribution >= 4 is 10.8 Å². The first-order valence-electron chi connectivity index (χ1n) is 4.94. The van der Waals surface area contributed by atoms with Crippen LogP contribution in [0.15, 0.2) is 42.5 Å². The van der Waals surface area contributed by atoms with Crippen molar-refractivity contribution < 1.29 is 4.39 Å². The molecule has 2 aromatic carbocycles. The fourth-order valence-electron chi connectivity index (χ4n) is 1.67. The number of alkyl halides is 1. The molecular weight excluding hydrogens is 175 g/mol. The molecule has 2 aromatic rings. The minimum atomic E-state index is -0.229. The van der Waals surface area contributed by atoms with Crippen LogP contribution in [0.25, 0.3) is 10.8 Å². The smallest absolute Gasteiger partial charge is 0.0897 e. The molecule has 0 radical (unpaired) electrons. The van der Waals surface area contributed by atoms with E-state index in [2.05, 4.69) is 30.3 Å². The molecule has 0 bridgehead atoms. The molecule has 0 N–H and O–H groups in total. The highest BCUT2D eigenvalue weighted by Gasteiger charge is 1.95. The molecule has 0 heterocycles. The predicted octanol–water partition coefficient (Wildman–Crippen LogP) is 3.74. The van der Waals surface area contributed by atoms with E-state index in [1.54, 1.807) is 0 Å². The molecule has 0 aromatic heterocycles. The molecule has 0 aliphatic carbocycles. The zero-order valence-corrected chi connectivity index (χ0v) is 8.04. The highest BCUT2D eigenvalue weighted by atomic mass is 19.1. The predicted molar refractivity (Wildman–Crippen MR) is 58.2 cm³/mol. The van der Waals surface area contributed by atoms with Crippen molar-refractivity contribution in [3.8, 4) is 0 Å². The van der Waals surface area contributed by atoms with Gasteiger partial charge in [-0.1, -0.05) is 42.5 Å². The monoisotopic (exact) mass is 188 g/mol. The Morgan fingerprint density at radius 2 is 1.71 bits per heavy atom. The van der Waals surface area contributed by atoms with Gasteiger partial charge in [-0.15, -0.1) is 0 Å². The molecule has 0 atom stereocenters. The van der Waals surface area contributed by atoms with Crippen LogP contribution in [0.5, 0.6) is 0 Å². The number of aryl methyl sites for hydroxylation is 1. The lowest BCUT2D eigenvalue weighted by molar-refractivity contribution is 0.473. The van der Waals surface area contributed by atoms with Crippen molar-refractivity contribution in [1.29, 1.82) is 0 Å². The molecule has 0 amide bonds. The van der Waals surface area contributed by atoms with E-state index in [-0.39, 0.29) is 6.67 Å². The molecule has 0 unspecified atom stereocenters. The SMILES string of the molecule is FCCCc1ccc2ccccc2c1. The van der Waals surface area contributed by atoms with Crippen LogP contribution >= 0.6 is 0 Å². The van der Waals surface area contributed by atoms with Crippen LogP contribution in [0.2, 0.25) is 0 Å². The molecule has 0 spiro atoms. The molecular formula is C13H13F. The second-order valence-electron chi connectivity index (χ2n) is 3.47. The number of rotatable bonds is 3. The second kappa shape index (κ2) is 4.23. The van der Waals surface area contributed by atoms with Gasteiger partial charge in [0.25, 0.3) is 0 Å². The molecule has 1 heteroatoms. The molecule has 0 nitrogen and oxygen atoms in total. The molecule has 72 valence electrons. The van der Waals surface area contributed by atoms with Crippen LogP contribution in [0.4, 0.5) is 4.39 Å².